The molecule has 2 heterocycles. The molecule has 0 amide bonds. The van der Waals surface area contributed by atoms with Crippen LogP contribution in [0.25, 0.3) is 0 Å². The van der Waals surface area contributed by atoms with E-state index in [1.165, 1.54) is 6.07 Å². The van der Waals surface area contributed by atoms with Gasteiger partial charge in [0.05, 0.1) is 6.26 Å². The van der Waals surface area contributed by atoms with Crippen molar-refractivity contribution in [3.63, 3.8) is 0 Å². The van der Waals surface area contributed by atoms with Crippen LogP contribution in [0.3, 0.4) is 0 Å². The molecule has 0 radical (unpaired) electrons. The van der Waals surface area contributed by atoms with Gasteiger partial charge in [-0.05, 0) is 30.2 Å². The lowest BCUT2D eigenvalue weighted by Gasteiger charge is -2.13. The van der Waals surface area contributed by atoms with E-state index < -0.39 is 0 Å². The number of aliphatic imine (C=N–C) groups is 1. The van der Waals surface area contributed by atoms with Crippen molar-refractivity contribution in [2.75, 3.05) is 13.1 Å². The Labute approximate surface area is 186 Å². The molecule has 0 aliphatic carbocycles. The van der Waals surface area contributed by atoms with Crippen molar-refractivity contribution >= 4 is 29.9 Å². The van der Waals surface area contributed by atoms with Crippen molar-refractivity contribution in [1.82, 2.24) is 25.4 Å². The van der Waals surface area contributed by atoms with E-state index in [0.29, 0.717) is 37.6 Å². The quantitative estimate of drug-likeness (QED) is 0.262. The second kappa shape index (κ2) is 12.2. The van der Waals surface area contributed by atoms with Gasteiger partial charge in [-0.3, -0.25) is 0 Å². The number of halogens is 2. The van der Waals surface area contributed by atoms with Crippen molar-refractivity contribution in [1.29, 1.82) is 0 Å². The molecular formula is C20H26FIN6O. The highest BCUT2D eigenvalue weighted by molar-refractivity contribution is 14.0. The van der Waals surface area contributed by atoms with Crippen LogP contribution >= 0.6 is 24.0 Å². The lowest BCUT2D eigenvalue weighted by molar-refractivity contribution is 0.511. The van der Waals surface area contributed by atoms with Crippen LogP contribution in [0.4, 0.5) is 4.39 Å². The molecule has 0 unspecified atom stereocenters. The molecule has 29 heavy (non-hydrogen) atoms. The Balaban J connectivity index is 0.00000300. The standard InChI is InChI=1S/C20H25FN6O.HI/c1-2-19-26-25-15-27(19)12-11-23-20(24-14-17-7-5-13-28-17)22-10-9-16-6-3-4-8-18(16)21;/h3-8,13,15H,2,9-12,14H2,1H3,(H2,22,23,24);1H. The predicted octanol–water partition coefficient (Wildman–Crippen LogP) is 3.17. The largest absolute Gasteiger partial charge is 0.467 e. The molecule has 0 saturated heterocycles. The Hall–Kier alpha value is -2.43. The van der Waals surface area contributed by atoms with E-state index in [0.717, 1.165) is 24.6 Å². The second-order valence-corrected chi connectivity index (χ2v) is 6.23. The van der Waals surface area contributed by atoms with Crippen molar-refractivity contribution < 1.29 is 8.81 Å². The van der Waals surface area contributed by atoms with Gasteiger partial charge in [0.25, 0.3) is 0 Å². The average Bonchev–Trinajstić information content (AvgIpc) is 3.38. The van der Waals surface area contributed by atoms with Crippen molar-refractivity contribution in [2.45, 2.75) is 32.9 Å². The van der Waals surface area contributed by atoms with Gasteiger partial charge in [0.1, 0.15) is 30.3 Å². The summed E-state index contributed by atoms with van der Waals surface area (Å²) in [7, 11) is 0. The summed E-state index contributed by atoms with van der Waals surface area (Å²) in [5, 5.41) is 14.6. The smallest absolute Gasteiger partial charge is 0.191 e. The molecule has 2 aromatic heterocycles. The number of aryl methyl sites for hydroxylation is 1. The van der Waals surface area contributed by atoms with Crippen LogP contribution in [0.15, 0.2) is 58.4 Å². The molecule has 0 bridgehead atoms. The first-order chi connectivity index (χ1) is 13.8. The van der Waals surface area contributed by atoms with Crippen molar-refractivity contribution in [3.8, 4) is 0 Å². The van der Waals surface area contributed by atoms with Crippen LogP contribution < -0.4 is 10.6 Å². The van der Waals surface area contributed by atoms with Gasteiger partial charge in [0.15, 0.2) is 5.96 Å². The highest BCUT2D eigenvalue weighted by atomic mass is 127. The molecule has 0 fully saturated rings. The van der Waals surface area contributed by atoms with Gasteiger partial charge in [-0.25, -0.2) is 9.38 Å². The molecule has 2 N–H and O–H groups in total. The van der Waals surface area contributed by atoms with Gasteiger partial charge in [-0.1, -0.05) is 25.1 Å². The lowest BCUT2D eigenvalue weighted by atomic mass is 10.1. The summed E-state index contributed by atoms with van der Waals surface area (Å²) in [6.07, 6.45) is 4.76. The zero-order valence-corrected chi connectivity index (χ0v) is 18.7. The van der Waals surface area contributed by atoms with Gasteiger partial charge >= 0.3 is 0 Å². The molecule has 0 saturated carbocycles. The highest BCUT2D eigenvalue weighted by Crippen LogP contribution is 2.06. The maximum Gasteiger partial charge on any atom is 0.191 e. The van der Waals surface area contributed by atoms with Gasteiger partial charge in [0, 0.05) is 26.1 Å². The number of rotatable bonds is 9. The molecule has 0 aliphatic rings. The maximum atomic E-state index is 13.8. The molecule has 0 spiro atoms. The number of nitrogens with zero attached hydrogens (tertiary/aromatic N) is 4. The molecule has 0 aliphatic heterocycles. The average molecular weight is 512 g/mol. The van der Waals surface area contributed by atoms with Crippen LogP contribution in [-0.4, -0.2) is 33.8 Å². The fourth-order valence-electron chi connectivity index (χ4n) is 2.78. The van der Waals surface area contributed by atoms with Crippen LogP contribution in [0, 0.1) is 5.82 Å². The Bertz CT molecular complexity index is 881. The second-order valence-electron chi connectivity index (χ2n) is 6.23. The minimum Gasteiger partial charge on any atom is -0.467 e. The van der Waals surface area contributed by atoms with Crippen LogP contribution in [0.1, 0.15) is 24.1 Å². The molecule has 3 aromatic rings. The number of aromatic nitrogens is 3. The van der Waals surface area contributed by atoms with Gasteiger partial charge < -0.3 is 19.6 Å². The molecule has 9 heteroatoms. The summed E-state index contributed by atoms with van der Waals surface area (Å²) in [6.45, 7) is 4.43. The molecule has 7 nitrogen and oxygen atoms in total. The number of hydrogen-bond donors (Lipinski definition) is 2. The highest BCUT2D eigenvalue weighted by Gasteiger charge is 2.05. The van der Waals surface area contributed by atoms with Gasteiger partial charge in [0.2, 0.25) is 0 Å². The van der Waals surface area contributed by atoms with Gasteiger partial charge in [-0.2, -0.15) is 0 Å². The molecule has 0 atom stereocenters. The van der Waals surface area contributed by atoms with Crippen LogP contribution in [-0.2, 0) is 25.9 Å². The number of nitrogens with one attached hydrogen (secondary N) is 2. The summed E-state index contributed by atoms with van der Waals surface area (Å²) >= 11 is 0. The summed E-state index contributed by atoms with van der Waals surface area (Å²) in [6, 6.07) is 10.5. The van der Waals surface area contributed by atoms with E-state index in [4.69, 9.17) is 4.42 Å². The predicted molar refractivity (Wildman–Crippen MR) is 121 cm³/mol. The van der Waals surface area contributed by atoms with Crippen LogP contribution in [0.2, 0.25) is 0 Å². The Morgan fingerprint density at radius 3 is 2.76 bits per heavy atom. The zero-order valence-electron chi connectivity index (χ0n) is 16.3. The third-order valence-electron chi connectivity index (χ3n) is 4.27. The SMILES string of the molecule is CCc1nncn1CCNC(=NCc1ccco1)NCCc1ccccc1F.I. The number of furan rings is 1. The minimum atomic E-state index is -0.189. The Morgan fingerprint density at radius 2 is 2.00 bits per heavy atom. The van der Waals surface area contributed by atoms with Crippen molar-refractivity contribution in [3.05, 3.63) is 72.0 Å². The fourth-order valence-corrected chi connectivity index (χ4v) is 2.78. The van der Waals surface area contributed by atoms with E-state index in [1.807, 2.05) is 22.8 Å². The van der Waals surface area contributed by atoms with E-state index in [9.17, 15) is 4.39 Å². The third kappa shape index (κ3) is 7.15. The lowest BCUT2D eigenvalue weighted by Crippen LogP contribution is -2.40. The fraction of sp³-hybridized carbons (Fsp3) is 0.350. The molecular weight excluding hydrogens is 486 g/mol. The first-order valence-corrected chi connectivity index (χ1v) is 9.41. The number of benzene rings is 1. The first-order valence-electron chi connectivity index (χ1n) is 9.41. The van der Waals surface area contributed by atoms with E-state index >= 15 is 0 Å². The van der Waals surface area contributed by atoms with Gasteiger partial charge in [-0.15, -0.1) is 34.2 Å². The number of guanidine groups is 1. The van der Waals surface area contributed by atoms with Crippen LogP contribution in [0.5, 0.6) is 0 Å². The zero-order chi connectivity index (χ0) is 19.6. The van der Waals surface area contributed by atoms with E-state index in [-0.39, 0.29) is 29.8 Å². The molecule has 1 aromatic carbocycles. The molecule has 3 rings (SSSR count). The molecule has 156 valence electrons. The number of hydrogen-bond acceptors (Lipinski definition) is 4. The topological polar surface area (TPSA) is 80.3 Å². The van der Waals surface area contributed by atoms with E-state index in [1.54, 1.807) is 24.7 Å². The summed E-state index contributed by atoms with van der Waals surface area (Å²) in [4.78, 5) is 4.55. The van der Waals surface area contributed by atoms with Crippen molar-refractivity contribution in [2.24, 2.45) is 4.99 Å². The third-order valence-corrected chi connectivity index (χ3v) is 4.27. The summed E-state index contributed by atoms with van der Waals surface area (Å²) in [5.74, 6) is 2.19. The first kappa shape index (κ1) is 22.9. The summed E-state index contributed by atoms with van der Waals surface area (Å²) < 4.78 is 21.1. The Morgan fingerprint density at radius 1 is 1.17 bits per heavy atom. The monoisotopic (exact) mass is 512 g/mol. The van der Waals surface area contributed by atoms with E-state index in [2.05, 4.69) is 32.7 Å². The Kier molecular flexibility index (Phi) is 9.62. The minimum absolute atomic E-state index is 0. The normalized spacial score (nSPS) is 11.2. The maximum absolute atomic E-state index is 13.8. The summed E-state index contributed by atoms with van der Waals surface area (Å²) in [5.41, 5.74) is 0.678.